The molecule has 0 fully saturated rings. The van der Waals surface area contributed by atoms with Crippen LogP contribution in [0.25, 0.3) is 0 Å². The lowest BCUT2D eigenvalue weighted by Crippen LogP contribution is -2.08. The van der Waals surface area contributed by atoms with Crippen LogP contribution in [-0.2, 0) is 0 Å². The summed E-state index contributed by atoms with van der Waals surface area (Å²) in [6.07, 6.45) is 3.99. The zero-order valence-electron chi connectivity index (χ0n) is 8.98. The van der Waals surface area contributed by atoms with Crippen molar-refractivity contribution >= 4 is 5.69 Å². The highest BCUT2D eigenvalue weighted by Gasteiger charge is 2.11. The molecule has 0 amide bonds. The van der Waals surface area contributed by atoms with E-state index < -0.39 is 5.95 Å². The molecule has 2 aromatic rings. The molecule has 1 unspecified atom stereocenters. The fourth-order valence-electron chi connectivity index (χ4n) is 1.53. The maximum absolute atomic E-state index is 12.6. The minimum absolute atomic E-state index is 0.0854. The molecule has 2 aromatic heterocycles. The third kappa shape index (κ3) is 2.39. The van der Waals surface area contributed by atoms with Gasteiger partial charge in [-0.25, -0.2) is 4.98 Å². The summed E-state index contributed by atoms with van der Waals surface area (Å²) in [6.45, 7) is 2.05. The Bertz CT molecular complexity index is 425. The van der Waals surface area contributed by atoms with Crippen molar-refractivity contribution in [2.75, 3.05) is 5.32 Å². The van der Waals surface area contributed by atoms with E-state index in [1.54, 1.807) is 12.3 Å². The van der Waals surface area contributed by atoms with Crippen molar-refractivity contribution < 1.29 is 8.81 Å². The van der Waals surface area contributed by atoms with Gasteiger partial charge in [-0.1, -0.05) is 6.92 Å². The summed E-state index contributed by atoms with van der Waals surface area (Å²) in [4.78, 5) is 3.59. The number of rotatable bonds is 4. The molecular weight excluding hydrogens is 207 g/mol. The second-order valence-corrected chi connectivity index (χ2v) is 3.49. The largest absolute Gasteiger partial charge is 0.467 e. The number of aromatic nitrogens is 1. The molecule has 2 heterocycles. The Balaban J connectivity index is 2.10. The molecule has 0 saturated carbocycles. The third-order valence-corrected chi connectivity index (χ3v) is 2.36. The summed E-state index contributed by atoms with van der Waals surface area (Å²) in [7, 11) is 0. The van der Waals surface area contributed by atoms with Crippen LogP contribution in [0.2, 0.25) is 0 Å². The van der Waals surface area contributed by atoms with Gasteiger partial charge in [0.05, 0.1) is 24.2 Å². The average Bonchev–Trinajstić information content (AvgIpc) is 2.82. The van der Waals surface area contributed by atoms with Gasteiger partial charge in [-0.05, 0) is 30.7 Å². The fourth-order valence-corrected chi connectivity index (χ4v) is 1.53. The van der Waals surface area contributed by atoms with E-state index in [4.69, 9.17) is 4.42 Å². The van der Waals surface area contributed by atoms with Gasteiger partial charge in [0.1, 0.15) is 5.76 Å². The topological polar surface area (TPSA) is 38.1 Å². The van der Waals surface area contributed by atoms with Crippen molar-refractivity contribution in [3.63, 3.8) is 0 Å². The highest BCUT2D eigenvalue weighted by atomic mass is 19.1. The van der Waals surface area contributed by atoms with Gasteiger partial charge in [0.15, 0.2) is 0 Å². The summed E-state index contributed by atoms with van der Waals surface area (Å²) in [6, 6.07) is 6.84. The van der Waals surface area contributed by atoms with Crippen LogP contribution in [0.4, 0.5) is 10.1 Å². The number of nitrogens with zero attached hydrogens (tertiary/aromatic N) is 1. The van der Waals surface area contributed by atoms with E-state index in [0.29, 0.717) is 0 Å². The molecule has 0 saturated heterocycles. The van der Waals surface area contributed by atoms with E-state index in [2.05, 4.69) is 17.2 Å². The van der Waals surface area contributed by atoms with Gasteiger partial charge in [-0.3, -0.25) is 0 Å². The maximum Gasteiger partial charge on any atom is 0.212 e. The van der Waals surface area contributed by atoms with Crippen molar-refractivity contribution in [1.29, 1.82) is 0 Å². The van der Waals surface area contributed by atoms with Crippen LogP contribution in [0.15, 0.2) is 41.1 Å². The summed E-state index contributed by atoms with van der Waals surface area (Å²) in [5, 5.41) is 3.24. The predicted molar refractivity (Wildman–Crippen MR) is 59.6 cm³/mol. The lowest BCUT2D eigenvalue weighted by Gasteiger charge is -2.15. The summed E-state index contributed by atoms with van der Waals surface area (Å²) >= 11 is 0. The molecule has 0 bridgehead atoms. The number of pyridine rings is 1. The molecule has 84 valence electrons. The number of nitrogens with one attached hydrogen (secondary N) is 1. The summed E-state index contributed by atoms with van der Waals surface area (Å²) in [5.41, 5.74) is 0.782. The van der Waals surface area contributed by atoms with Crippen molar-refractivity contribution in [3.8, 4) is 0 Å². The van der Waals surface area contributed by atoms with Crippen molar-refractivity contribution in [2.24, 2.45) is 0 Å². The van der Waals surface area contributed by atoms with E-state index in [1.165, 1.54) is 12.3 Å². The van der Waals surface area contributed by atoms with Crippen molar-refractivity contribution in [3.05, 3.63) is 48.4 Å². The van der Waals surface area contributed by atoms with Gasteiger partial charge in [0, 0.05) is 0 Å². The Morgan fingerprint density at radius 2 is 2.31 bits per heavy atom. The number of hydrogen-bond acceptors (Lipinski definition) is 3. The molecule has 0 aliphatic rings. The standard InChI is InChI=1S/C12H13FN2O/c1-2-10(11-4-3-7-16-11)15-9-5-6-12(13)14-8-9/h3-8,10,15H,2H2,1H3. The zero-order valence-corrected chi connectivity index (χ0v) is 8.98. The second-order valence-electron chi connectivity index (χ2n) is 3.49. The zero-order chi connectivity index (χ0) is 11.4. The first-order valence-electron chi connectivity index (χ1n) is 5.21. The van der Waals surface area contributed by atoms with Gasteiger partial charge < -0.3 is 9.73 Å². The predicted octanol–water partition coefficient (Wildman–Crippen LogP) is 3.38. The van der Waals surface area contributed by atoms with E-state index in [1.807, 2.05) is 12.1 Å². The molecule has 4 heteroatoms. The Morgan fingerprint density at radius 3 is 2.88 bits per heavy atom. The molecular formula is C12H13FN2O. The molecule has 3 nitrogen and oxygen atoms in total. The van der Waals surface area contributed by atoms with Crippen LogP contribution in [0.3, 0.4) is 0 Å². The first-order chi connectivity index (χ1) is 7.79. The molecule has 0 aliphatic carbocycles. The quantitative estimate of drug-likeness (QED) is 0.803. The molecule has 2 rings (SSSR count). The van der Waals surface area contributed by atoms with E-state index in [-0.39, 0.29) is 6.04 Å². The highest BCUT2D eigenvalue weighted by Crippen LogP contribution is 2.22. The molecule has 0 aliphatic heterocycles. The van der Waals surface area contributed by atoms with Crippen LogP contribution in [0.1, 0.15) is 25.1 Å². The van der Waals surface area contributed by atoms with Crippen LogP contribution < -0.4 is 5.32 Å². The van der Waals surface area contributed by atoms with Crippen molar-refractivity contribution in [1.82, 2.24) is 4.98 Å². The lowest BCUT2D eigenvalue weighted by atomic mass is 10.1. The molecule has 0 spiro atoms. The van der Waals surface area contributed by atoms with Gasteiger partial charge in [-0.2, -0.15) is 4.39 Å². The van der Waals surface area contributed by atoms with Crippen LogP contribution in [0.5, 0.6) is 0 Å². The molecule has 0 radical (unpaired) electrons. The van der Waals surface area contributed by atoms with Crippen LogP contribution in [-0.4, -0.2) is 4.98 Å². The maximum atomic E-state index is 12.6. The average molecular weight is 220 g/mol. The van der Waals surface area contributed by atoms with E-state index in [9.17, 15) is 4.39 Å². The summed E-state index contributed by atoms with van der Waals surface area (Å²) in [5.74, 6) is 0.392. The Hall–Kier alpha value is -1.84. The monoisotopic (exact) mass is 220 g/mol. The Kier molecular flexibility index (Phi) is 3.19. The number of furan rings is 1. The second kappa shape index (κ2) is 4.79. The lowest BCUT2D eigenvalue weighted by molar-refractivity contribution is 0.473. The first-order valence-corrected chi connectivity index (χ1v) is 5.21. The van der Waals surface area contributed by atoms with Gasteiger partial charge in [-0.15, -0.1) is 0 Å². The Morgan fingerprint density at radius 1 is 1.44 bits per heavy atom. The molecule has 1 atom stereocenters. The van der Waals surface area contributed by atoms with E-state index >= 15 is 0 Å². The van der Waals surface area contributed by atoms with Crippen LogP contribution in [0, 0.1) is 5.95 Å². The molecule has 0 aromatic carbocycles. The van der Waals surface area contributed by atoms with Crippen molar-refractivity contribution in [2.45, 2.75) is 19.4 Å². The van der Waals surface area contributed by atoms with Gasteiger partial charge >= 0.3 is 0 Å². The Labute approximate surface area is 93.3 Å². The summed E-state index contributed by atoms with van der Waals surface area (Å²) < 4.78 is 17.9. The number of halogens is 1. The molecule has 16 heavy (non-hydrogen) atoms. The smallest absolute Gasteiger partial charge is 0.212 e. The minimum Gasteiger partial charge on any atom is -0.467 e. The minimum atomic E-state index is -0.475. The van der Waals surface area contributed by atoms with Gasteiger partial charge in [0.2, 0.25) is 5.95 Å². The SMILES string of the molecule is CCC(Nc1ccc(F)nc1)c1ccco1. The third-order valence-electron chi connectivity index (χ3n) is 2.36. The normalized spacial score (nSPS) is 12.4. The highest BCUT2D eigenvalue weighted by molar-refractivity contribution is 5.41. The van der Waals surface area contributed by atoms with Crippen LogP contribution >= 0.6 is 0 Å². The number of hydrogen-bond donors (Lipinski definition) is 1. The van der Waals surface area contributed by atoms with E-state index in [0.717, 1.165) is 17.9 Å². The number of anilines is 1. The molecule has 1 N–H and O–H groups in total. The first kappa shape index (κ1) is 10.7. The fraction of sp³-hybridized carbons (Fsp3) is 0.250. The van der Waals surface area contributed by atoms with Gasteiger partial charge in [0.25, 0.3) is 0 Å².